The molecule has 5 heteroatoms. The molecule has 98 valence electrons. The number of esters is 1. The Bertz CT molecular complexity index is 454. The van der Waals surface area contributed by atoms with Crippen molar-refractivity contribution in [3.05, 3.63) is 29.6 Å². The zero-order chi connectivity index (χ0) is 13.7. The van der Waals surface area contributed by atoms with Crippen molar-refractivity contribution >= 4 is 11.8 Å². The number of hydrogen-bond donors (Lipinski definition) is 0. The molecule has 0 N–H and O–H groups in total. The number of halogens is 1. The summed E-state index contributed by atoms with van der Waals surface area (Å²) in [6.07, 6.45) is -0.151. The molecule has 0 aliphatic carbocycles. The van der Waals surface area contributed by atoms with Crippen LogP contribution < -0.4 is 4.74 Å². The van der Waals surface area contributed by atoms with Gasteiger partial charge in [0, 0.05) is 12.5 Å². The highest BCUT2D eigenvalue weighted by Gasteiger charge is 2.12. The van der Waals surface area contributed by atoms with Crippen molar-refractivity contribution in [3.8, 4) is 5.75 Å². The summed E-state index contributed by atoms with van der Waals surface area (Å²) in [5, 5.41) is 0. The Kier molecular flexibility index (Phi) is 4.83. The molecule has 0 radical (unpaired) electrons. The predicted octanol–water partition coefficient (Wildman–Crippen LogP) is 2.36. The molecule has 0 unspecified atom stereocenters. The summed E-state index contributed by atoms with van der Waals surface area (Å²) < 4.78 is 23.3. The first-order valence-corrected chi connectivity index (χ1v) is 5.53. The highest BCUT2D eigenvalue weighted by atomic mass is 19.1. The third-order valence-corrected chi connectivity index (χ3v) is 2.02. The lowest BCUT2D eigenvalue weighted by Crippen LogP contribution is -2.13. The van der Waals surface area contributed by atoms with Gasteiger partial charge in [0.2, 0.25) is 0 Å². The van der Waals surface area contributed by atoms with E-state index in [1.165, 1.54) is 19.1 Å². The second-order valence-electron chi connectivity index (χ2n) is 4.02. The summed E-state index contributed by atoms with van der Waals surface area (Å²) in [6.45, 7) is 4.37. The van der Waals surface area contributed by atoms with Crippen molar-refractivity contribution in [2.75, 3.05) is 6.61 Å². The van der Waals surface area contributed by atoms with Crippen LogP contribution in [0.25, 0.3) is 0 Å². The van der Waals surface area contributed by atoms with Gasteiger partial charge in [-0.05, 0) is 32.0 Å². The third-order valence-electron chi connectivity index (χ3n) is 2.02. The van der Waals surface area contributed by atoms with E-state index >= 15 is 0 Å². The smallest absolute Gasteiger partial charge is 0.303 e. The second kappa shape index (κ2) is 6.14. The SMILES string of the molecule is CC(=O)OCC(=O)c1ccc(OC(C)C)c(F)c1. The van der Waals surface area contributed by atoms with Crippen molar-refractivity contribution < 1.29 is 23.5 Å². The van der Waals surface area contributed by atoms with Gasteiger partial charge < -0.3 is 9.47 Å². The van der Waals surface area contributed by atoms with Crippen LogP contribution in [0.1, 0.15) is 31.1 Å². The summed E-state index contributed by atoms with van der Waals surface area (Å²) in [6, 6.07) is 3.90. The summed E-state index contributed by atoms with van der Waals surface area (Å²) in [5.41, 5.74) is 0.143. The molecule has 0 spiro atoms. The first-order valence-electron chi connectivity index (χ1n) is 5.53. The maximum atomic E-state index is 13.6. The van der Waals surface area contributed by atoms with Gasteiger partial charge in [-0.1, -0.05) is 0 Å². The molecule has 0 saturated carbocycles. The Labute approximate surface area is 105 Å². The van der Waals surface area contributed by atoms with E-state index in [0.717, 1.165) is 6.07 Å². The first kappa shape index (κ1) is 14.2. The van der Waals surface area contributed by atoms with E-state index in [9.17, 15) is 14.0 Å². The summed E-state index contributed by atoms with van der Waals surface area (Å²) in [4.78, 5) is 22.1. The summed E-state index contributed by atoms with van der Waals surface area (Å²) in [7, 11) is 0. The molecule has 0 heterocycles. The number of rotatable bonds is 5. The molecule has 0 fully saturated rings. The first-order chi connectivity index (χ1) is 8.40. The predicted molar refractivity (Wildman–Crippen MR) is 63.1 cm³/mol. The van der Waals surface area contributed by atoms with Gasteiger partial charge in [-0.3, -0.25) is 9.59 Å². The molecule has 1 aromatic rings. The van der Waals surface area contributed by atoms with Crippen LogP contribution in [0.15, 0.2) is 18.2 Å². The maximum Gasteiger partial charge on any atom is 0.303 e. The molecular formula is C13H15FO4. The third kappa shape index (κ3) is 4.16. The normalized spacial score (nSPS) is 10.3. The van der Waals surface area contributed by atoms with Crippen LogP contribution in [0.5, 0.6) is 5.75 Å². The van der Waals surface area contributed by atoms with Crippen LogP contribution in [0.3, 0.4) is 0 Å². The number of hydrogen-bond acceptors (Lipinski definition) is 4. The van der Waals surface area contributed by atoms with E-state index in [4.69, 9.17) is 4.74 Å². The molecule has 4 nitrogen and oxygen atoms in total. The molecule has 18 heavy (non-hydrogen) atoms. The molecule has 0 bridgehead atoms. The average Bonchev–Trinajstić information content (AvgIpc) is 2.28. The summed E-state index contributed by atoms with van der Waals surface area (Å²) in [5.74, 6) is -1.53. The fraction of sp³-hybridized carbons (Fsp3) is 0.385. The van der Waals surface area contributed by atoms with Crippen molar-refractivity contribution in [1.82, 2.24) is 0 Å². The van der Waals surface area contributed by atoms with E-state index in [2.05, 4.69) is 4.74 Å². The molecule has 0 aliphatic heterocycles. The molecule has 0 aromatic heterocycles. The monoisotopic (exact) mass is 254 g/mol. The lowest BCUT2D eigenvalue weighted by atomic mass is 10.1. The van der Waals surface area contributed by atoms with E-state index in [0.29, 0.717) is 0 Å². The highest BCUT2D eigenvalue weighted by Crippen LogP contribution is 2.19. The summed E-state index contributed by atoms with van der Waals surface area (Å²) >= 11 is 0. The number of Topliss-reactive ketones (excluding diaryl/α,β-unsaturated/α-hetero) is 1. The number of ketones is 1. The van der Waals surface area contributed by atoms with Crippen LogP contribution >= 0.6 is 0 Å². The molecule has 0 amide bonds. The van der Waals surface area contributed by atoms with Gasteiger partial charge in [0.15, 0.2) is 24.0 Å². The topological polar surface area (TPSA) is 52.6 Å². The van der Waals surface area contributed by atoms with Gasteiger partial charge in [-0.25, -0.2) is 4.39 Å². The Hall–Kier alpha value is -1.91. The van der Waals surface area contributed by atoms with Gasteiger partial charge in [-0.2, -0.15) is 0 Å². The molecule has 0 atom stereocenters. The molecule has 1 aromatic carbocycles. The van der Waals surface area contributed by atoms with E-state index in [-0.39, 0.29) is 24.0 Å². The van der Waals surface area contributed by atoms with Gasteiger partial charge in [0.1, 0.15) is 0 Å². The minimum absolute atomic E-state index is 0.0917. The Morgan fingerprint density at radius 2 is 2.00 bits per heavy atom. The van der Waals surface area contributed by atoms with Crippen LogP contribution in [0.4, 0.5) is 4.39 Å². The van der Waals surface area contributed by atoms with Gasteiger partial charge >= 0.3 is 5.97 Å². The van der Waals surface area contributed by atoms with E-state index in [1.54, 1.807) is 13.8 Å². The average molecular weight is 254 g/mol. The number of ether oxygens (including phenoxy) is 2. The quantitative estimate of drug-likeness (QED) is 0.598. The molecule has 0 saturated heterocycles. The standard InChI is InChI=1S/C13H15FO4/c1-8(2)18-13-5-4-10(6-11(13)14)12(16)7-17-9(3)15/h4-6,8H,7H2,1-3H3. The minimum atomic E-state index is -0.614. The minimum Gasteiger partial charge on any atom is -0.488 e. The lowest BCUT2D eigenvalue weighted by molar-refractivity contribution is -0.139. The van der Waals surface area contributed by atoms with E-state index in [1.807, 2.05) is 0 Å². The second-order valence-corrected chi connectivity index (χ2v) is 4.02. The van der Waals surface area contributed by atoms with Crippen LogP contribution in [0.2, 0.25) is 0 Å². The zero-order valence-electron chi connectivity index (χ0n) is 10.5. The molecule has 1 rings (SSSR count). The van der Waals surface area contributed by atoms with Gasteiger partial charge in [-0.15, -0.1) is 0 Å². The van der Waals surface area contributed by atoms with Gasteiger partial charge in [0.25, 0.3) is 0 Å². The van der Waals surface area contributed by atoms with Crippen molar-refractivity contribution in [2.45, 2.75) is 26.9 Å². The fourth-order valence-electron chi connectivity index (χ4n) is 1.27. The van der Waals surface area contributed by atoms with Crippen LogP contribution in [0, 0.1) is 5.82 Å². The largest absolute Gasteiger partial charge is 0.488 e. The fourth-order valence-corrected chi connectivity index (χ4v) is 1.27. The van der Waals surface area contributed by atoms with Crippen molar-refractivity contribution in [3.63, 3.8) is 0 Å². The van der Waals surface area contributed by atoms with Crippen molar-refractivity contribution in [2.24, 2.45) is 0 Å². The van der Waals surface area contributed by atoms with Gasteiger partial charge in [0.05, 0.1) is 6.10 Å². The maximum absolute atomic E-state index is 13.6. The molecule has 0 aliphatic rings. The Morgan fingerprint density at radius 1 is 1.33 bits per heavy atom. The number of benzene rings is 1. The number of carbonyl (C=O) groups excluding carboxylic acids is 2. The number of carbonyl (C=O) groups is 2. The lowest BCUT2D eigenvalue weighted by Gasteiger charge is -2.11. The van der Waals surface area contributed by atoms with Crippen LogP contribution in [-0.2, 0) is 9.53 Å². The Balaban J connectivity index is 2.77. The molecular weight excluding hydrogens is 239 g/mol. The zero-order valence-corrected chi connectivity index (χ0v) is 10.5. The van der Waals surface area contributed by atoms with Crippen molar-refractivity contribution in [1.29, 1.82) is 0 Å². The van der Waals surface area contributed by atoms with Crippen LogP contribution in [-0.4, -0.2) is 24.5 Å². The Morgan fingerprint density at radius 3 is 2.50 bits per heavy atom. The van der Waals surface area contributed by atoms with E-state index < -0.39 is 17.6 Å². The highest BCUT2D eigenvalue weighted by molar-refractivity contribution is 5.98.